The van der Waals surface area contributed by atoms with E-state index in [4.69, 9.17) is 4.74 Å². The van der Waals surface area contributed by atoms with Crippen molar-refractivity contribution in [1.82, 2.24) is 0 Å². The fourth-order valence-corrected chi connectivity index (χ4v) is 4.48. The highest BCUT2D eigenvalue weighted by molar-refractivity contribution is 5.26. The molecule has 0 amide bonds. The van der Waals surface area contributed by atoms with Crippen molar-refractivity contribution >= 4 is 0 Å². The minimum atomic E-state index is 0.481. The smallest absolute Gasteiger partial charge is 0.0643 e. The van der Waals surface area contributed by atoms with Gasteiger partial charge in [0.05, 0.1) is 12.2 Å². The van der Waals surface area contributed by atoms with Gasteiger partial charge in [0, 0.05) is 0 Å². The van der Waals surface area contributed by atoms with Crippen LogP contribution in [0.4, 0.5) is 0 Å². The third-order valence-electron chi connectivity index (χ3n) is 5.37. The predicted molar refractivity (Wildman–Crippen MR) is 57.1 cm³/mol. The summed E-state index contributed by atoms with van der Waals surface area (Å²) >= 11 is 0. The monoisotopic (exact) mass is 194 g/mol. The van der Waals surface area contributed by atoms with E-state index in [0.29, 0.717) is 12.2 Å². The second kappa shape index (κ2) is 2.75. The van der Waals surface area contributed by atoms with E-state index in [2.05, 4.69) is 20.8 Å². The van der Waals surface area contributed by atoms with Gasteiger partial charge in [-0.1, -0.05) is 13.8 Å². The van der Waals surface area contributed by atoms with Gasteiger partial charge in [0.15, 0.2) is 0 Å². The number of hydrogen-bond acceptors (Lipinski definition) is 1. The summed E-state index contributed by atoms with van der Waals surface area (Å²) in [5.74, 6) is 2.96. The van der Waals surface area contributed by atoms with Gasteiger partial charge in [-0.05, 0) is 55.8 Å². The van der Waals surface area contributed by atoms with Crippen molar-refractivity contribution in [2.75, 3.05) is 0 Å². The average molecular weight is 194 g/mol. The molecule has 0 radical (unpaired) electrons. The summed E-state index contributed by atoms with van der Waals surface area (Å²) in [6.45, 7) is 6.83. The van der Waals surface area contributed by atoms with Crippen LogP contribution in [-0.4, -0.2) is 12.2 Å². The minimum Gasteiger partial charge on any atom is -0.375 e. The molecule has 4 bridgehead atoms. The zero-order valence-corrected chi connectivity index (χ0v) is 9.62. The molecular weight excluding hydrogens is 172 g/mol. The molecule has 0 heterocycles. The van der Waals surface area contributed by atoms with Crippen LogP contribution in [0, 0.1) is 23.2 Å². The lowest BCUT2D eigenvalue weighted by atomic mass is 10.0. The Morgan fingerprint density at radius 2 is 2.21 bits per heavy atom. The highest BCUT2D eigenvalue weighted by Gasteiger charge is 2.78. The van der Waals surface area contributed by atoms with E-state index in [1.807, 2.05) is 0 Å². The van der Waals surface area contributed by atoms with Gasteiger partial charge in [-0.15, -0.1) is 0 Å². The van der Waals surface area contributed by atoms with E-state index in [-0.39, 0.29) is 0 Å². The standard InChI is InChI=1S/C13H22O/c1-4-8(3)14-12-9-6-10-11(12)13(10,5-2)7-9/h8-12H,4-7H2,1-3H3. The second-order valence-corrected chi connectivity index (χ2v) is 5.74. The zero-order chi connectivity index (χ0) is 9.92. The Balaban J connectivity index is 1.70. The van der Waals surface area contributed by atoms with Gasteiger partial charge in [0.2, 0.25) is 0 Å². The first-order valence-corrected chi connectivity index (χ1v) is 6.38. The third kappa shape index (κ3) is 0.900. The molecule has 0 N–H and O–H groups in total. The summed E-state index contributed by atoms with van der Waals surface area (Å²) in [7, 11) is 0. The molecule has 4 saturated carbocycles. The van der Waals surface area contributed by atoms with Crippen LogP contribution in [0.3, 0.4) is 0 Å². The lowest BCUT2D eigenvalue weighted by molar-refractivity contribution is -0.0246. The molecule has 1 nitrogen and oxygen atoms in total. The first-order valence-electron chi connectivity index (χ1n) is 6.38. The summed E-state index contributed by atoms with van der Waals surface area (Å²) in [5.41, 5.74) is 0.767. The Hall–Kier alpha value is -0.0400. The summed E-state index contributed by atoms with van der Waals surface area (Å²) < 4.78 is 6.20. The molecule has 14 heavy (non-hydrogen) atoms. The molecule has 4 rings (SSSR count). The van der Waals surface area contributed by atoms with Crippen LogP contribution in [0.15, 0.2) is 0 Å². The van der Waals surface area contributed by atoms with Gasteiger partial charge in [0.25, 0.3) is 0 Å². The van der Waals surface area contributed by atoms with Crippen molar-refractivity contribution in [3.05, 3.63) is 0 Å². The van der Waals surface area contributed by atoms with Crippen LogP contribution < -0.4 is 0 Å². The molecule has 0 aliphatic heterocycles. The molecule has 80 valence electrons. The van der Waals surface area contributed by atoms with Crippen LogP contribution in [0.25, 0.3) is 0 Å². The van der Waals surface area contributed by atoms with Crippen LogP contribution in [0.1, 0.15) is 46.5 Å². The maximum atomic E-state index is 6.20. The molecule has 6 unspecified atom stereocenters. The first-order chi connectivity index (χ1) is 6.73. The molecule has 6 atom stereocenters. The third-order valence-corrected chi connectivity index (χ3v) is 5.37. The van der Waals surface area contributed by atoms with Crippen molar-refractivity contribution in [2.24, 2.45) is 23.2 Å². The summed E-state index contributed by atoms with van der Waals surface area (Å²) in [5, 5.41) is 0. The molecule has 1 heteroatoms. The normalized spacial score (nSPS) is 55.1. The minimum absolute atomic E-state index is 0.481. The highest BCUT2D eigenvalue weighted by Crippen LogP contribution is 2.81. The molecule has 0 aromatic rings. The van der Waals surface area contributed by atoms with Crippen molar-refractivity contribution in [3.63, 3.8) is 0 Å². The molecule has 0 saturated heterocycles. The van der Waals surface area contributed by atoms with Crippen molar-refractivity contribution < 1.29 is 4.74 Å². The number of ether oxygens (including phenoxy) is 1. The Kier molecular flexibility index (Phi) is 1.81. The summed E-state index contributed by atoms with van der Waals surface area (Å²) in [6, 6.07) is 0. The SMILES string of the molecule is CCC(C)OC1C2CC3C1C3(CC)C2. The van der Waals surface area contributed by atoms with Crippen LogP contribution in [-0.2, 0) is 4.74 Å². The van der Waals surface area contributed by atoms with Crippen LogP contribution in [0.5, 0.6) is 0 Å². The van der Waals surface area contributed by atoms with Crippen molar-refractivity contribution in [1.29, 1.82) is 0 Å². The van der Waals surface area contributed by atoms with E-state index < -0.39 is 0 Å². The largest absolute Gasteiger partial charge is 0.375 e. The lowest BCUT2D eigenvalue weighted by Gasteiger charge is -2.20. The Morgan fingerprint density at radius 1 is 1.43 bits per heavy atom. The molecule has 0 aromatic carbocycles. The fraction of sp³-hybridized carbons (Fsp3) is 1.00. The second-order valence-electron chi connectivity index (χ2n) is 5.74. The van der Waals surface area contributed by atoms with E-state index in [1.54, 1.807) is 0 Å². The highest BCUT2D eigenvalue weighted by atomic mass is 16.5. The Morgan fingerprint density at radius 3 is 2.71 bits per heavy atom. The first kappa shape index (κ1) is 9.21. The fourth-order valence-electron chi connectivity index (χ4n) is 4.48. The quantitative estimate of drug-likeness (QED) is 0.667. The van der Waals surface area contributed by atoms with Gasteiger partial charge in [-0.2, -0.15) is 0 Å². The molecule has 4 aliphatic rings. The van der Waals surface area contributed by atoms with Crippen LogP contribution >= 0.6 is 0 Å². The van der Waals surface area contributed by atoms with E-state index in [1.165, 1.54) is 25.7 Å². The Labute approximate surface area is 87.2 Å². The van der Waals surface area contributed by atoms with Gasteiger partial charge < -0.3 is 4.74 Å². The molecule has 4 fully saturated rings. The van der Waals surface area contributed by atoms with Gasteiger partial charge >= 0.3 is 0 Å². The summed E-state index contributed by atoms with van der Waals surface area (Å²) in [6.07, 6.45) is 6.67. The molecular formula is C13H22O. The Bertz CT molecular complexity index is 250. The van der Waals surface area contributed by atoms with Gasteiger partial charge in [0.1, 0.15) is 0 Å². The van der Waals surface area contributed by atoms with Crippen molar-refractivity contribution in [2.45, 2.75) is 58.7 Å². The zero-order valence-electron chi connectivity index (χ0n) is 9.62. The van der Waals surface area contributed by atoms with E-state index >= 15 is 0 Å². The maximum Gasteiger partial charge on any atom is 0.0643 e. The summed E-state index contributed by atoms with van der Waals surface area (Å²) in [4.78, 5) is 0. The van der Waals surface area contributed by atoms with E-state index in [9.17, 15) is 0 Å². The average Bonchev–Trinajstić information content (AvgIpc) is 2.61. The molecule has 0 spiro atoms. The topological polar surface area (TPSA) is 9.23 Å². The predicted octanol–water partition coefficient (Wildman–Crippen LogP) is 3.24. The molecule has 0 aromatic heterocycles. The van der Waals surface area contributed by atoms with Crippen LogP contribution in [0.2, 0.25) is 0 Å². The van der Waals surface area contributed by atoms with Gasteiger partial charge in [-0.25, -0.2) is 0 Å². The molecule has 4 aliphatic carbocycles. The van der Waals surface area contributed by atoms with E-state index in [0.717, 1.165) is 23.2 Å². The van der Waals surface area contributed by atoms with Gasteiger partial charge in [-0.3, -0.25) is 0 Å². The lowest BCUT2D eigenvalue weighted by Crippen LogP contribution is -2.22. The van der Waals surface area contributed by atoms with Crippen molar-refractivity contribution in [3.8, 4) is 0 Å². The maximum absolute atomic E-state index is 6.20. The number of rotatable bonds is 4. The number of hydrogen-bond donors (Lipinski definition) is 0.